The number of nitro groups is 1. The molecule has 8 heteroatoms. The van der Waals surface area contributed by atoms with E-state index in [-0.39, 0.29) is 28.9 Å². The van der Waals surface area contributed by atoms with Crippen LogP contribution in [0.1, 0.15) is 18.4 Å². The number of non-ortho nitro benzene ring substituents is 1. The summed E-state index contributed by atoms with van der Waals surface area (Å²) in [7, 11) is 0. The molecule has 1 aliphatic carbocycles. The highest BCUT2D eigenvalue weighted by Crippen LogP contribution is 2.31. The molecule has 0 saturated heterocycles. The molecule has 1 aromatic heterocycles. The number of anilines is 1. The summed E-state index contributed by atoms with van der Waals surface area (Å²) in [6.07, 6.45) is 1.99. The number of aromatic nitrogens is 2. The lowest BCUT2D eigenvalue weighted by Gasteiger charge is -2.09. The third-order valence-electron chi connectivity index (χ3n) is 3.24. The van der Waals surface area contributed by atoms with Gasteiger partial charge in [0.2, 0.25) is 11.8 Å². The molecule has 1 fully saturated rings. The van der Waals surface area contributed by atoms with E-state index in [0.29, 0.717) is 5.56 Å². The minimum Gasteiger partial charge on any atom is -0.492 e. The number of nitrogens with zero attached hydrogens (tertiary/aromatic N) is 4. The van der Waals surface area contributed by atoms with E-state index in [9.17, 15) is 20.5 Å². The molecular formula is C14H11N5O3. The maximum atomic E-state index is 10.9. The second-order valence-corrected chi connectivity index (χ2v) is 4.93. The quantitative estimate of drug-likeness (QED) is 0.654. The average Bonchev–Trinajstić information content (AvgIpc) is 3.30. The zero-order valence-electron chi connectivity index (χ0n) is 11.4. The largest absolute Gasteiger partial charge is 0.492 e. The van der Waals surface area contributed by atoms with Crippen LogP contribution in [0.25, 0.3) is 11.3 Å². The molecule has 110 valence electrons. The number of rotatable bonds is 4. The Kier molecular flexibility index (Phi) is 3.31. The summed E-state index contributed by atoms with van der Waals surface area (Å²) in [5.74, 6) is -0.234. The zero-order valence-corrected chi connectivity index (χ0v) is 11.4. The fourth-order valence-corrected chi connectivity index (χ4v) is 2.00. The molecule has 0 bridgehead atoms. The third kappa shape index (κ3) is 2.64. The van der Waals surface area contributed by atoms with Gasteiger partial charge in [-0.15, -0.1) is 0 Å². The summed E-state index contributed by atoms with van der Waals surface area (Å²) in [5, 5.41) is 33.0. The molecular weight excluding hydrogens is 286 g/mol. The number of aromatic hydroxyl groups is 1. The highest BCUT2D eigenvalue weighted by atomic mass is 16.6. The number of nitriles is 1. The molecule has 0 spiro atoms. The molecule has 0 amide bonds. The first-order valence-electron chi connectivity index (χ1n) is 6.61. The van der Waals surface area contributed by atoms with Gasteiger partial charge in [0, 0.05) is 23.7 Å². The van der Waals surface area contributed by atoms with Crippen LogP contribution in [0.5, 0.6) is 5.88 Å². The maximum absolute atomic E-state index is 10.9. The molecule has 22 heavy (non-hydrogen) atoms. The molecule has 8 nitrogen and oxygen atoms in total. The van der Waals surface area contributed by atoms with Gasteiger partial charge in [-0.1, -0.05) is 12.1 Å². The van der Waals surface area contributed by atoms with Crippen molar-refractivity contribution in [1.82, 2.24) is 9.97 Å². The number of hydrogen-bond donors (Lipinski definition) is 2. The fraction of sp³-hybridized carbons (Fsp3) is 0.214. The molecule has 1 heterocycles. The molecule has 0 unspecified atom stereocenters. The van der Waals surface area contributed by atoms with E-state index in [4.69, 9.17) is 0 Å². The van der Waals surface area contributed by atoms with E-state index in [1.165, 1.54) is 18.2 Å². The van der Waals surface area contributed by atoms with Gasteiger partial charge in [0.15, 0.2) is 0 Å². The van der Waals surface area contributed by atoms with Gasteiger partial charge in [0.1, 0.15) is 11.6 Å². The van der Waals surface area contributed by atoms with E-state index in [1.54, 1.807) is 6.07 Å². The summed E-state index contributed by atoms with van der Waals surface area (Å²) in [6.45, 7) is 0. The van der Waals surface area contributed by atoms with Crippen LogP contribution in [0.3, 0.4) is 0 Å². The topological polar surface area (TPSA) is 125 Å². The van der Waals surface area contributed by atoms with E-state index >= 15 is 0 Å². The van der Waals surface area contributed by atoms with Gasteiger partial charge in [-0.05, 0) is 12.8 Å². The van der Waals surface area contributed by atoms with E-state index in [2.05, 4.69) is 15.3 Å². The molecule has 1 aromatic carbocycles. The van der Waals surface area contributed by atoms with Crippen molar-refractivity contribution in [2.75, 3.05) is 5.32 Å². The summed E-state index contributed by atoms with van der Waals surface area (Å²) in [5.41, 5.74) is 0.321. The van der Waals surface area contributed by atoms with Crippen LogP contribution in [0, 0.1) is 21.4 Å². The number of hydrogen-bond acceptors (Lipinski definition) is 7. The number of nitrogens with one attached hydrogen (secondary N) is 1. The first-order valence-corrected chi connectivity index (χ1v) is 6.61. The fourth-order valence-electron chi connectivity index (χ4n) is 2.00. The van der Waals surface area contributed by atoms with Gasteiger partial charge in [-0.25, -0.2) is 4.98 Å². The van der Waals surface area contributed by atoms with Crippen molar-refractivity contribution >= 4 is 11.6 Å². The lowest BCUT2D eigenvalue weighted by molar-refractivity contribution is -0.384. The van der Waals surface area contributed by atoms with Crippen LogP contribution in [-0.2, 0) is 0 Å². The molecule has 2 N–H and O–H groups in total. The SMILES string of the molecule is N#Cc1c(O)nc(NC2CC2)nc1-c1cccc([N+](=O)[O-])c1. The van der Waals surface area contributed by atoms with E-state index < -0.39 is 10.8 Å². The van der Waals surface area contributed by atoms with Crippen LogP contribution >= 0.6 is 0 Å². The van der Waals surface area contributed by atoms with Crippen molar-refractivity contribution < 1.29 is 10.0 Å². The van der Waals surface area contributed by atoms with Crippen LogP contribution in [0.4, 0.5) is 11.6 Å². The lowest BCUT2D eigenvalue weighted by atomic mass is 10.1. The highest BCUT2D eigenvalue weighted by molar-refractivity contribution is 5.71. The van der Waals surface area contributed by atoms with Crippen LogP contribution in [-0.4, -0.2) is 26.0 Å². The van der Waals surface area contributed by atoms with Crippen LogP contribution < -0.4 is 5.32 Å². The molecule has 0 aliphatic heterocycles. The van der Waals surface area contributed by atoms with Crippen molar-refractivity contribution in [3.05, 3.63) is 39.9 Å². The van der Waals surface area contributed by atoms with Crippen LogP contribution in [0.15, 0.2) is 24.3 Å². The average molecular weight is 297 g/mol. The Hall–Kier alpha value is -3.21. The van der Waals surface area contributed by atoms with Gasteiger partial charge in [0.05, 0.1) is 10.6 Å². The smallest absolute Gasteiger partial charge is 0.270 e. The third-order valence-corrected chi connectivity index (χ3v) is 3.24. The van der Waals surface area contributed by atoms with Crippen molar-refractivity contribution in [3.63, 3.8) is 0 Å². The normalized spacial score (nSPS) is 13.4. The Balaban J connectivity index is 2.11. The van der Waals surface area contributed by atoms with Gasteiger partial charge >= 0.3 is 0 Å². The van der Waals surface area contributed by atoms with E-state index in [0.717, 1.165) is 12.8 Å². The van der Waals surface area contributed by atoms with Crippen molar-refractivity contribution in [1.29, 1.82) is 5.26 Å². The Morgan fingerprint density at radius 2 is 2.18 bits per heavy atom. The summed E-state index contributed by atoms with van der Waals surface area (Å²) >= 11 is 0. The summed E-state index contributed by atoms with van der Waals surface area (Å²) in [6, 6.07) is 7.86. The molecule has 2 aromatic rings. The Labute approximate surface area is 125 Å². The van der Waals surface area contributed by atoms with Crippen molar-refractivity contribution in [2.45, 2.75) is 18.9 Å². The second-order valence-electron chi connectivity index (χ2n) is 4.93. The predicted molar refractivity (Wildman–Crippen MR) is 77.1 cm³/mol. The highest BCUT2D eigenvalue weighted by Gasteiger charge is 2.24. The molecule has 1 aliphatic rings. The maximum Gasteiger partial charge on any atom is 0.270 e. The minimum atomic E-state index is -0.528. The summed E-state index contributed by atoms with van der Waals surface area (Å²) < 4.78 is 0. The number of benzene rings is 1. The second kappa shape index (κ2) is 5.29. The lowest BCUT2D eigenvalue weighted by Crippen LogP contribution is -2.07. The molecule has 3 rings (SSSR count). The first-order chi connectivity index (χ1) is 10.6. The Bertz CT molecular complexity index is 796. The molecule has 0 atom stereocenters. The zero-order chi connectivity index (χ0) is 15.7. The number of nitro benzene ring substituents is 1. The van der Waals surface area contributed by atoms with Gasteiger partial charge in [-0.2, -0.15) is 10.2 Å². The van der Waals surface area contributed by atoms with E-state index in [1.807, 2.05) is 6.07 Å². The Morgan fingerprint density at radius 3 is 2.82 bits per heavy atom. The first kappa shape index (κ1) is 13.8. The van der Waals surface area contributed by atoms with Gasteiger partial charge < -0.3 is 10.4 Å². The minimum absolute atomic E-state index is 0.109. The van der Waals surface area contributed by atoms with Gasteiger partial charge in [0.25, 0.3) is 5.69 Å². The molecule has 0 radical (unpaired) electrons. The van der Waals surface area contributed by atoms with Crippen molar-refractivity contribution in [2.24, 2.45) is 0 Å². The standard InChI is InChI=1S/C14H11N5O3/c15-7-11-12(8-2-1-3-10(6-8)19(21)22)17-14(18-13(11)20)16-9-4-5-9/h1-3,6,9H,4-5H2,(H2,16,17,18,20). The van der Waals surface area contributed by atoms with Crippen molar-refractivity contribution in [3.8, 4) is 23.2 Å². The summed E-state index contributed by atoms with van der Waals surface area (Å²) in [4.78, 5) is 18.4. The monoisotopic (exact) mass is 297 g/mol. The molecule has 1 saturated carbocycles. The van der Waals surface area contributed by atoms with Gasteiger partial charge in [-0.3, -0.25) is 10.1 Å². The van der Waals surface area contributed by atoms with Crippen LogP contribution in [0.2, 0.25) is 0 Å². The predicted octanol–water partition coefficient (Wildman–Crippen LogP) is 2.20. The Morgan fingerprint density at radius 1 is 1.41 bits per heavy atom.